The first-order chi connectivity index (χ1) is 6.24. The zero-order valence-electron chi connectivity index (χ0n) is 8.04. The lowest BCUT2D eigenvalue weighted by Crippen LogP contribution is -1.87. The van der Waals surface area contributed by atoms with E-state index in [2.05, 4.69) is 26.0 Å². The van der Waals surface area contributed by atoms with Gasteiger partial charge in [-0.15, -0.1) is 0 Å². The summed E-state index contributed by atoms with van der Waals surface area (Å²) in [5, 5.41) is 8.81. The number of rotatable bonds is 2. The fourth-order valence-electron chi connectivity index (χ4n) is 1.12. The second-order valence-corrected chi connectivity index (χ2v) is 3.25. The standard InChI is InChI=1S/C12H13N/c1-10(2)7-8-11-5-3-4-6-12(11)9-13/h3-7H,8H2,1-2H3. The third-order valence-corrected chi connectivity index (χ3v) is 1.87. The highest BCUT2D eigenvalue weighted by Gasteiger charge is 1.97. The Balaban J connectivity index is 2.89. The summed E-state index contributed by atoms with van der Waals surface area (Å²) < 4.78 is 0. The summed E-state index contributed by atoms with van der Waals surface area (Å²) >= 11 is 0. The molecule has 0 aromatic heterocycles. The molecule has 0 aliphatic carbocycles. The van der Waals surface area contributed by atoms with Crippen molar-refractivity contribution in [3.05, 3.63) is 47.0 Å². The Morgan fingerprint density at radius 3 is 2.69 bits per heavy atom. The maximum absolute atomic E-state index is 8.81. The van der Waals surface area contributed by atoms with Gasteiger partial charge in [-0.2, -0.15) is 5.26 Å². The highest BCUT2D eigenvalue weighted by Crippen LogP contribution is 2.09. The number of benzene rings is 1. The minimum absolute atomic E-state index is 0.778. The minimum atomic E-state index is 0.778. The van der Waals surface area contributed by atoms with E-state index in [0.29, 0.717) is 0 Å². The van der Waals surface area contributed by atoms with Crippen LogP contribution in [0.1, 0.15) is 25.0 Å². The second-order valence-electron chi connectivity index (χ2n) is 3.25. The zero-order valence-corrected chi connectivity index (χ0v) is 8.04. The quantitative estimate of drug-likeness (QED) is 0.627. The highest BCUT2D eigenvalue weighted by molar-refractivity contribution is 5.38. The normalized spacial score (nSPS) is 9.00. The molecule has 0 N–H and O–H groups in total. The average molecular weight is 171 g/mol. The molecule has 1 nitrogen and oxygen atoms in total. The summed E-state index contributed by atoms with van der Waals surface area (Å²) in [6.07, 6.45) is 2.99. The molecule has 13 heavy (non-hydrogen) atoms. The SMILES string of the molecule is CC(C)=CCc1ccccc1C#N. The Labute approximate surface area is 79.3 Å². The smallest absolute Gasteiger partial charge is 0.0994 e. The third kappa shape index (κ3) is 2.76. The Morgan fingerprint density at radius 1 is 1.38 bits per heavy atom. The van der Waals surface area contributed by atoms with E-state index in [0.717, 1.165) is 17.5 Å². The molecule has 0 aliphatic heterocycles. The van der Waals surface area contributed by atoms with Crippen molar-refractivity contribution in [1.29, 1.82) is 5.26 Å². The molecular weight excluding hydrogens is 158 g/mol. The van der Waals surface area contributed by atoms with Crippen molar-refractivity contribution in [2.75, 3.05) is 0 Å². The Morgan fingerprint density at radius 2 is 2.08 bits per heavy atom. The van der Waals surface area contributed by atoms with Gasteiger partial charge in [0.05, 0.1) is 11.6 Å². The molecule has 0 unspecified atom stereocenters. The van der Waals surface area contributed by atoms with Gasteiger partial charge >= 0.3 is 0 Å². The number of nitrogens with zero attached hydrogens (tertiary/aromatic N) is 1. The average Bonchev–Trinajstić information content (AvgIpc) is 2.15. The van der Waals surface area contributed by atoms with Gasteiger partial charge in [-0.05, 0) is 31.9 Å². The fraction of sp³-hybridized carbons (Fsp3) is 0.250. The van der Waals surface area contributed by atoms with Gasteiger partial charge in [0.2, 0.25) is 0 Å². The predicted octanol–water partition coefficient (Wildman–Crippen LogP) is 3.07. The van der Waals surface area contributed by atoms with E-state index in [1.165, 1.54) is 5.57 Å². The Hall–Kier alpha value is -1.55. The van der Waals surface area contributed by atoms with Gasteiger partial charge in [-0.25, -0.2) is 0 Å². The van der Waals surface area contributed by atoms with E-state index >= 15 is 0 Å². The van der Waals surface area contributed by atoms with Gasteiger partial charge in [0.25, 0.3) is 0 Å². The number of hydrogen-bond donors (Lipinski definition) is 0. The number of allylic oxidation sites excluding steroid dienone is 2. The molecule has 0 bridgehead atoms. The zero-order chi connectivity index (χ0) is 9.68. The van der Waals surface area contributed by atoms with E-state index < -0.39 is 0 Å². The van der Waals surface area contributed by atoms with Crippen LogP contribution >= 0.6 is 0 Å². The summed E-state index contributed by atoms with van der Waals surface area (Å²) in [7, 11) is 0. The van der Waals surface area contributed by atoms with Crippen molar-refractivity contribution in [2.45, 2.75) is 20.3 Å². The number of hydrogen-bond acceptors (Lipinski definition) is 1. The van der Waals surface area contributed by atoms with Gasteiger partial charge < -0.3 is 0 Å². The van der Waals surface area contributed by atoms with E-state index in [9.17, 15) is 0 Å². The molecule has 0 spiro atoms. The van der Waals surface area contributed by atoms with Crippen LogP contribution in [0.5, 0.6) is 0 Å². The van der Waals surface area contributed by atoms with E-state index in [-0.39, 0.29) is 0 Å². The maximum Gasteiger partial charge on any atom is 0.0994 e. The molecule has 0 amide bonds. The van der Waals surface area contributed by atoms with Crippen LogP contribution in [-0.4, -0.2) is 0 Å². The van der Waals surface area contributed by atoms with Gasteiger partial charge in [0.1, 0.15) is 0 Å². The lowest BCUT2D eigenvalue weighted by molar-refractivity contribution is 1.20. The molecule has 0 aliphatic rings. The van der Waals surface area contributed by atoms with Crippen LogP contribution in [0, 0.1) is 11.3 Å². The van der Waals surface area contributed by atoms with Crippen LogP contribution in [0.2, 0.25) is 0 Å². The molecular formula is C12H13N. The molecule has 0 saturated heterocycles. The number of nitriles is 1. The summed E-state index contributed by atoms with van der Waals surface area (Å²) in [5.41, 5.74) is 3.17. The van der Waals surface area contributed by atoms with Gasteiger partial charge in [-0.1, -0.05) is 29.8 Å². The van der Waals surface area contributed by atoms with Crippen molar-refractivity contribution < 1.29 is 0 Å². The first-order valence-corrected chi connectivity index (χ1v) is 4.35. The topological polar surface area (TPSA) is 23.8 Å². The molecule has 0 fully saturated rings. The Kier molecular flexibility index (Phi) is 3.28. The lowest BCUT2D eigenvalue weighted by Gasteiger charge is -1.99. The Bertz CT molecular complexity index is 352. The molecule has 1 rings (SSSR count). The van der Waals surface area contributed by atoms with Gasteiger partial charge in [0.15, 0.2) is 0 Å². The van der Waals surface area contributed by atoms with Crippen LogP contribution < -0.4 is 0 Å². The summed E-state index contributed by atoms with van der Waals surface area (Å²) in [5.74, 6) is 0. The van der Waals surface area contributed by atoms with Crippen molar-refractivity contribution in [3.8, 4) is 6.07 Å². The van der Waals surface area contributed by atoms with Crippen molar-refractivity contribution in [3.63, 3.8) is 0 Å². The molecule has 0 saturated carbocycles. The van der Waals surface area contributed by atoms with Crippen LogP contribution in [0.3, 0.4) is 0 Å². The van der Waals surface area contributed by atoms with Crippen molar-refractivity contribution in [1.82, 2.24) is 0 Å². The first-order valence-electron chi connectivity index (χ1n) is 4.35. The summed E-state index contributed by atoms with van der Waals surface area (Å²) in [6.45, 7) is 4.13. The molecule has 1 aromatic carbocycles. The van der Waals surface area contributed by atoms with Crippen LogP contribution in [0.4, 0.5) is 0 Å². The van der Waals surface area contributed by atoms with Crippen LogP contribution in [0.25, 0.3) is 0 Å². The maximum atomic E-state index is 8.81. The van der Waals surface area contributed by atoms with E-state index in [1.807, 2.05) is 24.3 Å². The molecule has 1 aromatic rings. The second kappa shape index (κ2) is 4.47. The van der Waals surface area contributed by atoms with E-state index in [1.54, 1.807) is 0 Å². The largest absolute Gasteiger partial charge is 0.192 e. The highest BCUT2D eigenvalue weighted by atomic mass is 14.2. The van der Waals surface area contributed by atoms with Gasteiger partial charge in [-0.3, -0.25) is 0 Å². The molecule has 1 heteroatoms. The van der Waals surface area contributed by atoms with E-state index in [4.69, 9.17) is 5.26 Å². The molecule has 0 atom stereocenters. The molecule has 66 valence electrons. The van der Waals surface area contributed by atoms with Crippen molar-refractivity contribution in [2.24, 2.45) is 0 Å². The predicted molar refractivity (Wildman–Crippen MR) is 54.3 cm³/mol. The van der Waals surface area contributed by atoms with Crippen LogP contribution in [-0.2, 0) is 6.42 Å². The minimum Gasteiger partial charge on any atom is -0.192 e. The molecule has 0 radical (unpaired) electrons. The van der Waals surface area contributed by atoms with Gasteiger partial charge in [0, 0.05) is 0 Å². The monoisotopic (exact) mass is 171 g/mol. The fourth-order valence-corrected chi connectivity index (χ4v) is 1.12. The summed E-state index contributed by atoms with van der Waals surface area (Å²) in [6, 6.07) is 9.90. The first kappa shape index (κ1) is 9.54. The van der Waals surface area contributed by atoms with Crippen molar-refractivity contribution >= 4 is 0 Å². The third-order valence-electron chi connectivity index (χ3n) is 1.87. The molecule has 0 heterocycles. The lowest BCUT2D eigenvalue weighted by atomic mass is 10.0. The summed E-state index contributed by atoms with van der Waals surface area (Å²) in [4.78, 5) is 0. The van der Waals surface area contributed by atoms with Crippen LogP contribution in [0.15, 0.2) is 35.9 Å².